The molecule has 2 amide bonds. The van der Waals surface area contributed by atoms with E-state index in [1.807, 2.05) is 6.07 Å². The maximum Gasteiger partial charge on any atom is 0.446 e. The molecular weight excluding hydrogens is 777 g/mol. The van der Waals surface area contributed by atoms with Gasteiger partial charge in [-0.15, -0.1) is 0 Å². The van der Waals surface area contributed by atoms with Crippen molar-refractivity contribution in [2.24, 2.45) is 14.1 Å². The van der Waals surface area contributed by atoms with Gasteiger partial charge in [0.05, 0.1) is 36.9 Å². The van der Waals surface area contributed by atoms with Gasteiger partial charge in [0.1, 0.15) is 30.5 Å². The minimum absolute atomic E-state index is 0.0882. The Hall–Kier alpha value is -7.45. The lowest BCUT2D eigenvalue weighted by Gasteiger charge is -2.14. The summed E-state index contributed by atoms with van der Waals surface area (Å²) in [6.07, 6.45) is 2.50. The molecule has 2 N–H and O–H groups in total. The number of amides is 2. The van der Waals surface area contributed by atoms with E-state index in [2.05, 4.69) is 24.3 Å². The van der Waals surface area contributed by atoms with Gasteiger partial charge in [-0.2, -0.15) is 18.6 Å². The summed E-state index contributed by atoms with van der Waals surface area (Å²) in [5.74, 6) is 1.52. The van der Waals surface area contributed by atoms with Gasteiger partial charge in [0.25, 0.3) is 22.9 Å². The van der Waals surface area contributed by atoms with Crippen molar-refractivity contribution in [3.8, 4) is 23.0 Å². The minimum Gasteiger partial charge on any atom is -0.506 e. The molecule has 0 saturated heterocycles. The molecule has 0 fully saturated rings. The zero-order valence-corrected chi connectivity index (χ0v) is 31.4. The molecular formula is C38H32N8O11S. The number of rotatable bonds is 10. The fraction of sp³-hybridized carbons (Fsp3) is 0.158. The first-order valence-electron chi connectivity index (χ1n) is 17.2. The smallest absolute Gasteiger partial charge is 0.446 e. The molecule has 2 aromatic carbocycles. The first-order chi connectivity index (χ1) is 27.7. The summed E-state index contributed by atoms with van der Waals surface area (Å²) in [7, 11) is -1.55. The Bertz CT molecular complexity index is 2780. The molecule has 2 aliphatic rings. The van der Waals surface area contributed by atoms with Crippen molar-refractivity contribution in [3.05, 3.63) is 152 Å². The summed E-state index contributed by atoms with van der Waals surface area (Å²) in [6, 6.07) is 22.2. The number of aromatic nitrogens is 6. The Kier molecular flexibility index (Phi) is 10.7. The number of hydrogen-bond acceptors (Lipinski definition) is 14. The molecule has 0 radical (unpaired) electrons. The molecule has 6 aromatic rings. The topological polar surface area (TPSA) is 238 Å². The zero-order valence-electron chi connectivity index (χ0n) is 30.6. The Labute approximate surface area is 328 Å². The summed E-state index contributed by atoms with van der Waals surface area (Å²) in [6.45, 7) is 0.981. The van der Waals surface area contributed by atoms with Gasteiger partial charge >= 0.3 is 10.4 Å². The number of fused-ring (bicyclic) bond motifs is 2. The molecule has 0 saturated carbocycles. The van der Waals surface area contributed by atoms with E-state index in [9.17, 15) is 32.7 Å². The third-order valence-corrected chi connectivity index (χ3v) is 9.19. The van der Waals surface area contributed by atoms with Crippen LogP contribution in [0.2, 0.25) is 0 Å². The number of aryl methyl sites for hydroxylation is 2. The van der Waals surface area contributed by atoms with Gasteiger partial charge in [0, 0.05) is 37.4 Å². The van der Waals surface area contributed by atoms with Crippen LogP contribution in [0.1, 0.15) is 43.2 Å². The average molecular weight is 809 g/mol. The quantitative estimate of drug-likeness (QED) is 0.189. The molecule has 6 heterocycles. The van der Waals surface area contributed by atoms with Crippen molar-refractivity contribution in [2.45, 2.75) is 26.3 Å². The van der Waals surface area contributed by atoms with E-state index < -0.39 is 10.4 Å². The Morgan fingerprint density at radius 3 is 1.50 bits per heavy atom. The van der Waals surface area contributed by atoms with Crippen molar-refractivity contribution in [1.29, 1.82) is 0 Å². The highest BCUT2D eigenvalue weighted by Crippen LogP contribution is 2.31. The molecule has 20 heteroatoms. The Morgan fingerprint density at radius 2 is 1.09 bits per heavy atom. The van der Waals surface area contributed by atoms with E-state index in [4.69, 9.17) is 14.0 Å². The number of aromatic hydroxyl groups is 1. The molecule has 0 bridgehead atoms. The third kappa shape index (κ3) is 8.82. The van der Waals surface area contributed by atoms with E-state index in [0.717, 1.165) is 17.3 Å². The number of benzene rings is 2. The molecule has 0 unspecified atom stereocenters. The largest absolute Gasteiger partial charge is 0.506 e. The van der Waals surface area contributed by atoms with Gasteiger partial charge < -0.3 is 18.8 Å². The highest BCUT2D eigenvalue weighted by molar-refractivity contribution is 7.81. The number of carbonyl (C=O) groups is 2. The lowest BCUT2D eigenvalue weighted by molar-refractivity contribution is 0.0987. The van der Waals surface area contributed by atoms with Crippen LogP contribution in [0, 0.1) is 0 Å². The molecule has 19 nitrogen and oxygen atoms in total. The minimum atomic E-state index is -4.61. The van der Waals surface area contributed by atoms with Crippen LogP contribution in [0.25, 0.3) is 0 Å². The highest BCUT2D eigenvalue weighted by atomic mass is 32.3. The SMILES string of the molecule is Cn1nc(N2Cc3cc(OCc4ccc(O)cn4)ccc3C2=O)ccc1=O.Cn1nc(N2Cc3cc(OCc4ccc(OS(=O)(=O)O)cn4)ccc3C2=O)ccc1=O. The summed E-state index contributed by atoms with van der Waals surface area (Å²) in [5.41, 5.74) is 3.36. The number of nitrogens with zero attached hydrogens (tertiary/aromatic N) is 8. The first kappa shape index (κ1) is 38.8. The molecule has 296 valence electrons. The Balaban J connectivity index is 0.000000178. The zero-order chi connectivity index (χ0) is 41.1. The van der Waals surface area contributed by atoms with Crippen molar-refractivity contribution in [3.63, 3.8) is 0 Å². The van der Waals surface area contributed by atoms with Crippen molar-refractivity contribution < 1.29 is 41.3 Å². The number of carbonyl (C=O) groups excluding carboxylic acids is 2. The normalized spacial score (nSPS) is 13.1. The molecule has 58 heavy (non-hydrogen) atoms. The molecule has 2 aliphatic heterocycles. The Morgan fingerprint density at radius 1 is 0.621 bits per heavy atom. The van der Waals surface area contributed by atoms with Crippen molar-refractivity contribution in [2.75, 3.05) is 9.80 Å². The number of ether oxygens (including phenoxy) is 2. The second-order valence-electron chi connectivity index (χ2n) is 12.8. The van der Waals surface area contributed by atoms with Gasteiger partial charge in [-0.25, -0.2) is 9.36 Å². The van der Waals surface area contributed by atoms with E-state index in [1.165, 1.54) is 62.7 Å². The van der Waals surface area contributed by atoms with Crippen LogP contribution in [-0.2, 0) is 50.8 Å². The van der Waals surface area contributed by atoms with Crippen LogP contribution in [0.4, 0.5) is 11.6 Å². The number of anilines is 2. The molecule has 0 spiro atoms. The summed E-state index contributed by atoms with van der Waals surface area (Å²) in [5, 5.41) is 17.5. The van der Waals surface area contributed by atoms with Crippen LogP contribution in [0.5, 0.6) is 23.0 Å². The van der Waals surface area contributed by atoms with E-state index in [-0.39, 0.29) is 54.2 Å². The summed E-state index contributed by atoms with van der Waals surface area (Å²) < 4.78 is 48.2. The van der Waals surface area contributed by atoms with E-state index >= 15 is 0 Å². The third-order valence-electron chi connectivity index (χ3n) is 8.79. The van der Waals surface area contributed by atoms with E-state index in [1.54, 1.807) is 55.6 Å². The van der Waals surface area contributed by atoms with E-state index in [0.29, 0.717) is 52.2 Å². The standard InChI is InChI=1S/C19H16N4O7S.C19H16N4O4/c1-22-18(24)7-6-17(21-22)23-10-12-8-14(4-5-16(12)19(23)25)29-11-13-2-3-15(9-20-13)30-31(26,27)28;1-22-18(25)7-6-17(21-22)23-10-12-8-15(4-5-16(12)19(23)26)27-11-13-2-3-14(24)9-20-13/h2-9H,10-11H2,1H3,(H,26,27,28);2-9,24H,10-11H2,1H3. The summed E-state index contributed by atoms with van der Waals surface area (Å²) >= 11 is 0. The average Bonchev–Trinajstić information content (AvgIpc) is 3.71. The number of pyridine rings is 2. The lowest BCUT2D eigenvalue weighted by Crippen LogP contribution is -2.28. The van der Waals surface area contributed by atoms with Gasteiger partial charge in [-0.1, -0.05) is 0 Å². The van der Waals surface area contributed by atoms with Crippen LogP contribution < -0.4 is 34.6 Å². The van der Waals surface area contributed by atoms with Crippen LogP contribution in [-0.4, -0.2) is 59.4 Å². The second kappa shape index (κ2) is 16.0. The highest BCUT2D eigenvalue weighted by Gasteiger charge is 2.31. The molecule has 0 aliphatic carbocycles. The second-order valence-corrected chi connectivity index (χ2v) is 13.8. The van der Waals surface area contributed by atoms with Crippen molar-refractivity contribution in [1.82, 2.24) is 29.5 Å². The van der Waals surface area contributed by atoms with Gasteiger partial charge in [0.2, 0.25) is 0 Å². The van der Waals surface area contributed by atoms with Gasteiger partial charge in [0.15, 0.2) is 17.4 Å². The number of hydrogen-bond donors (Lipinski definition) is 2. The lowest BCUT2D eigenvalue weighted by atomic mass is 10.1. The van der Waals surface area contributed by atoms with Gasteiger partial charge in [-0.3, -0.25) is 43.5 Å². The monoisotopic (exact) mass is 808 g/mol. The van der Waals surface area contributed by atoms with Crippen LogP contribution in [0.15, 0.2) is 107 Å². The van der Waals surface area contributed by atoms with Crippen LogP contribution >= 0.6 is 0 Å². The summed E-state index contributed by atoms with van der Waals surface area (Å²) in [4.78, 5) is 59.4. The maximum atomic E-state index is 12.7. The predicted octanol–water partition coefficient (Wildman–Crippen LogP) is 2.72. The fourth-order valence-electron chi connectivity index (χ4n) is 5.90. The van der Waals surface area contributed by atoms with Crippen molar-refractivity contribution >= 4 is 33.8 Å². The molecule has 8 rings (SSSR count). The molecule has 4 aromatic heterocycles. The van der Waals surface area contributed by atoms with Crippen LogP contribution in [0.3, 0.4) is 0 Å². The first-order valence-corrected chi connectivity index (χ1v) is 18.6. The van der Waals surface area contributed by atoms with Gasteiger partial charge in [-0.05, 0) is 83.9 Å². The maximum absolute atomic E-state index is 12.7. The fourth-order valence-corrected chi connectivity index (χ4v) is 6.24. The molecule has 0 atom stereocenters. The predicted molar refractivity (Wildman–Crippen MR) is 204 cm³/mol.